The van der Waals surface area contributed by atoms with Gasteiger partial charge < -0.3 is 0 Å². The molecule has 3 nitrogen and oxygen atoms in total. The Bertz CT molecular complexity index is 419. The number of nitro groups is 1. The molecule has 0 aliphatic heterocycles. The molecule has 0 heterocycles. The maximum atomic E-state index is 12.8. The van der Waals surface area contributed by atoms with Crippen molar-refractivity contribution in [3.63, 3.8) is 0 Å². The summed E-state index contributed by atoms with van der Waals surface area (Å²) in [4.78, 5) is 8.84. The van der Waals surface area contributed by atoms with E-state index in [0.29, 0.717) is 6.08 Å². The molecule has 0 spiro atoms. The Morgan fingerprint density at radius 3 is 2.00 bits per heavy atom. The normalized spacial score (nSPS) is 10.9. The van der Waals surface area contributed by atoms with Crippen LogP contribution in [0.25, 0.3) is 6.08 Å². The fourth-order valence-electron chi connectivity index (χ4n) is 0.873. The topological polar surface area (TPSA) is 43.1 Å². The minimum atomic E-state index is -1.67. The zero-order valence-corrected chi connectivity index (χ0v) is 7.01. The number of hydrogen-bond acceptors (Lipinski definition) is 2. The fraction of sp³-hybridized carbons (Fsp3) is 0. The van der Waals surface area contributed by atoms with Gasteiger partial charge in [-0.25, -0.2) is 17.6 Å². The summed E-state index contributed by atoms with van der Waals surface area (Å²) >= 11 is 0. The first-order valence-corrected chi connectivity index (χ1v) is 3.58. The van der Waals surface area contributed by atoms with E-state index in [9.17, 15) is 27.7 Å². The van der Waals surface area contributed by atoms with Crippen molar-refractivity contribution in [1.29, 1.82) is 0 Å². The van der Waals surface area contributed by atoms with Crippen LogP contribution in [-0.2, 0) is 0 Å². The van der Waals surface area contributed by atoms with E-state index in [-0.39, 0.29) is 12.3 Å². The molecule has 1 aromatic carbocycles. The molecule has 0 aliphatic rings. The first-order valence-electron chi connectivity index (χ1n) is 3.58. The van der Waals surface area contributed by atoms with E-state index in [2.05, 4.69) is 0 Å². The van der Waals surface area contributed by atoms with Gasteiger partial charge in [0.25, 0.3) is 0 Å². The predicted molar refractivity (Wildman–Crippen MR) is 42.3 cm³/mol. The van der Waals surface area contributed by atoms with E-state index < -0.39 is 33.8 Å². The molecule has 1 rings (SSSR count). The van der Waals surface area contributed by atoms with Gasteiger partial charge in [0.15, 0.2) is 23.3 Å². The molecule has 0 atom stereocenters. The van der Waals surface area contributed by atoms with Crippen LogP contribution in [0.1, 0.15) is 5.56 Å². The molecule has 0 saturated heterocycles. The van der Waals surface area contributed by atoms with Crippen LogP contribution in [0.15, 0.2) is 12.3 Å². The first-order chi connectivity index (χ1) is 6.93. The zero-order chi connectivity index (χ0) is 11.6. The van der Waals surface area contributed by atoms with Gasteiger partial charge in [0, 0.05) is 12.1 Å². The molecule has 15 heavy (non-hydrogen) atoms. The van der Waals surface area contributed by atoms with E-state index in [1.807, 2.05) is 0 Å². The molecule has 0 saturated carbocycles. The van der Waals surface area contributed by atoms with Crippen LogP contribution in [0, 0.1) is 33.4 Å². The molecule has 7 heteroatoms. The second-order valence-electron chi connectivity index (χ2n) is 2.48. The van der Waals surface area contributed by atoms with Crippen LogP contribution < -0.4 is 0 Å². The van der Waals surface area contributed by atoms with Gasteiger partial charge in [-0.15, -0.1) is 0 Å². The Balaban J connectivity index is 3.33. The quantitative estimate of drug-likeness (QED) is 0.333. The van der Waals surface area contributed by atoms with Crippen molar-refractivity contribution < 1.29 is 22.5 Å². The lowest BCUT2D eigenvalue weighted by Gasteiger charge is -2.00. The van der Waals surface area contributed by atoms with Gasteiger partial charge in [0.2, 0.25) is 6.20 Å². The van der Waals surface area contributed by atoms with E-state index in [4.69, 9.17) is 0 Å². The Labute approximate surface area is 80.8 Å². The van der Waals surface area contributed by atoms with Crippen molar-refractivity contribution in [3.05, 3.63) is 51.2 Å². The molecular weight excluding hydrogens is 218 g/mol. The summed E-state index contributed by atoms with van der Waals surface area (Å²) in [6.07, 6.45) is 0.525. The predicted octanol–water partition coefficient (Wildman–Crippen LogP) is 2.49. The highest BCUT2D eigenvalue weighted by atomic mass is 19.2. The van der Waals surface area contributed by atoms with Crippen LogP contribution in [0.3, 0.4) is 0 Å². The van der Waals surface area contributed by atoms with Gasteiger partial charge in [-0.2, -0.15) is 0 Å². The third kappa shape index (κ3) is 2.30. The average molecular weight is 221 g/mol. The summed E-state index contributed by atoms with van der Waals surface area (Å²) in [5, 5.41) is 9.85. The van der Waals surface area contributed by atoms with Gasteiger partial charge >= 0.3 is 0 Å². The summed E-state index contributed by atoms with van der Waals surface area (Å²) in [7, 11) is 0. The molecule has 0 radical (unpaired) electrons. The maximum Gasteiger partial charge on any atom is 0.235 e. The summed E-state index contributed by atoms with van der Waals surface area (Å²) in [6.45, 7) is 0. The first kappa shape index (κ1) is 11.2. The molecule has 1 aromatic rings. The fourth-order valence-corrected chi connectivity index (χ4v) is 0.873. The van der Waals surface area contributed by atoms with E-state index in [0.717, 1.165) is 0 Å². The summed E-state index contributed by atoms with van der Waals surface area (Å²) in [5.41, 5.74) is -1.12. The van der Waals surface area contributed by atoms with Crippen molar-refractivity contribution in [3.8, 4) is 0 Å². The van der Waals surface area contributed by atoms with Gasteiger partial charge in [-0.1, -0.05) is 0 Å². The van der Waals surface area contributed by atoms with Crippen LogP contribution in [0.2, 0.25) is 0 Å². The molecule has 0 amide bonds. The van der Waals surface area contributed by atoms with Crippen molar-refractivity contribution >= 4 is 6.08 Å². The molecular formula is C8H3F4NO2. The van der Waals surface area contributed by atoms with Crippen LogP contribution in [0.4, 0.5) is 17.6 Å². The number of hydrogen-bond donors (Lipinski definition) is 0. The largest absolute Gasteiger partial charge is 0.259 e. The van der Waals surface area contributed by atoms with Crippen molar-refractivity contribution in [1.82, 2.24) is 0 Å². The van der Waals surface area contributed by atoms with Crippen molar-refractivity contribution in [2.75, 3.05) is 0 Å². The number of rotatable bonds is 2. The molecule has 0 N–H and O–H groups in total. The van der Waals surface area contributed by atoms with Crippen LogP contribution in [0.5, 0.6) is 0 Å². The zero-order valence-electron chi connectivity index (χ0n) is 7.01. The monoisotopic (exact) mass is 221 g/mol. The van der Waals surface area contributed by atoms with E-state index in [1.54, 1.807) is 0 Å². The Morgan fingerprint density at radius 1 is 1.13 bits per heavy atom. The lowest BCUT2D eigenvalue weighted by molar-refractivity contribution is -0.401. The lowest BCUT2D eigenvalue weighted by atomic mass is 10.2. The Hall–Kier alpha value is -1.92. The number of halogens is 4. The second-order valence-corrected chi connectivity index (χ2v) is 2.48. The number of benzene rings is 1. The van der Waals surface area contributed by atoms with Crippen LogP contribution >= 0.6 is 0 Å². The average Bonchev–Trinajstić information content (AvgIpc) is 2.14. The second kappa shape index (κ2) is 4.07. The summed E-state index contributed by atoms with van der Waals surface area (Å²) < 4.78 is 50.8. The minimum Gasteiger partial charge on any atom is -0.259 e. The van der Waals surface area contributed by atoms with Gasteiger partial charge in [0.1, 0.15) is 0 Å². The smallest absolute Gasteiger partial charge is 0.235 e. The Kier molecular flexibility index (Phi) is 3.03. The minimum absolute atomic E-state index is 0.0220. The maximum absolute atomic E-state index is 12.8. The summed E-state index contributed by atoms with van der Waals surface area (Å²) in [6, 6.07) is 0.0220. The van der Waals surface area contributed by atoms with E-state index >= 15 is 0 Å². The van der Waals surface area contributed by atoms with Crippen molar-refractivity contribution in [2.24, 2.45) is 0 Å². The highest BCUT2D eigenvalue weighted by Crippen LogP contribution is 2.20. The standard InChI is InChI=1S/C8H3F4NO2/c9-5-3-6(10)8(12)4(7(5)11)1-2-13(14)15/h1-3H/b2-1+. The molecule has 0 unspecified atom stereocenters. The molecule has 0 fully saturated rings. The molecule has 0 aliphatic carbocycles. The molecule has 0 bridgehead atoms. The van der Waals surface area contributed by atoms with Gasteiger partial charge in [0.05, 0.1) is 10.5 Å². The highest BCUT2D eigenvalue weighted by molar-refractivity contribution is 5.50. The molecule has 80 valence electrons. The van der Waals surface area contributed by atoms with Crippen molar-refractivity contribution in [2.45, 2.75) is 0 Å². The summed E-state index contributed by atoms with van der Waals surface area (Å²) in [5.74, 6) is -6.58. The van der Waals surface area contributed by atoms with E-state index in [1.165, 1.54) is 0 Å². The lowest BCUT2D eigenvalue weighted by Crippen LogP contribution is -1.98. The van der Waals surface area contributed by atoms with Crippen LogP contribution in [-0.4, -0.2) is 4.92 Å². The molecule has 0 aromatic heterocycles. The number of nitrogens with zero attached hydrogens (tertiary/aromatic N) is 1. The van der Waals surface area contributed by atoms with Gasteiger partial charge in [-0.05, 0) is 0 Å². The Morgan fingerprint density at radius 2 is 1.60 bits per heavy atom. The SMILES string of the molecule is O=[N+]([O-])/C=C/c1c(F)c(F)cc(F)c1F. The third-order valence-corrected chi connectivity index (χ3v) is 1.51. The third-order valence-electron chi connectivity index (χ3n) is 1.51. The highest BCUT2D eigenvalue weighted by Gasteiger charge is 2.17. The van der Waals surface area contributed by atoms with Gasteiger partial charge in [-0.3, -0.25) is 10.1 Å².